The topological polar surface area (TPSA) is 24.4 Å². The number of hydrogen-bond donors (Lipinski definition) is 1. The van der Waals surface area contributed by atoms with E-state index in [4.69, 9.17) is 0 Å². The first-order chi connectivity index (χ1) is 25.8. The Balaban J connectivity index is 0.000000392. The Bertz CT molecular complexity index is 2150. The molecule has 2 nitrogen and oxygen atoms in total. The van der Waals surface area contributed by atoms with E-state index in [2.05, 4.69) is 167 Å². The lowest BCUT2D eigenvalue weighted by Gasteiger charge is -2.14. The highest BCUT2D eigenvalue weighted by Crippen LogP contribution is 2.30. The molecule has 0 atom stereocenters. The maximum absolute atomic E-state index is 3.84. The second-order valence-electron chi connectivity index (χ2n) is 12.3. The molecule has 0 aliphatic rings. The van der Waals surface area contributed by atoms with E-state index in [1.807, 2.05) is 76.4 Å². The van der Waals surface area contributed by atoms with Gasteiger partial charge in [0, 0.05) is 12.7 Å². The fourth-order valence-electron chi connectivity index (χ4n) is 5.71. The van der Waals surface area contributed by atoms with Crippen LogP contribution in [0.5, 0.6) is 0 Å². The number of para-hydroxylation sites is 2. The first-order valence-corrected chi connectivity index (χ1v) is 18.6. The smallest absolute Gasteiger partial charge is 0.0651 e. The molecule has 0 aromatic heterocycles. The summed E-state index contributed by atoms with van der Waals surface area (Å²) >= 11 is 0. The third-order valence-electron chi connectivity index (χ3n) is 8.50. The molecule has 5 rings (SSSR count). The highest BCUT2D eigenvalue weighted by atomic mass is 14.8. The minimum atomic E-state index is 0.848. The van der Waals surface area contributed by atoms with Gasteiger partial charge in [0.25, 0.3) is 0 Å². The second kappa shape index (κ2) is 24.5. The number of rotatable bonds is 9. The molecule has 0 amide bonds. The lowest BCUT2D eigenvalue weighted by Crippen LogP contribution is -2.26. The summed E-state index contributed by atoms with van der Waals surface area (Å²) < 4.78 is 0. The van der Waals surface area contributed by atoms with Gasteiger partial charge in [-0.2, -0.15) is 0 Å². The zero-order chi connectivity index (χ0) is 39.0. The van der Waals surface area contributed by atoms with Crippen LogP contribution in [0.1, 0.15) is 63.3 Å². The molecule has 0 saturated carbocycles. The summed E-state index contributed by atoms with van der Waals surface area (Å²) in [6.07, 6.45) is 17.7. The van der Waals surface area contributed by atoms with Crippen molar-refractivity contribution in [2.24, 2.45) is 4.99 Å². The van der Waals surface area contributed by atoms with Crippen LogP contribution in [0.15, 0.2) is 169 Å². The third kappa shape index (κ3) is 14.1. The van der Waals surface area contributed by atoms with Crippen molar-refractivity contribution in [2.75, 3.05) is 12.4 Å². The van der Waals surface area contributed by atoms with Crippen molar-refractivity contribution < 1.29 is 0 Å². The molecule has 2 heteroatoms. The van der Waals surface area contributed by atoms with Crippen molar-refractivity contribution in [2.45, 2.75) is 61.8 Å². The minimum absolute atomic E-state index is 0.848. The summed E-state index contributed by atoms with van der Waals surface area (Å²) in [6.45, 7) is 23.9. The van der Waals surface area contributed by atoms with Crippen LogP contribution in [-0.4, -0.2) is 13.8 Å². The van der Waals surface area contributed by atoms with Gasteiger partial charge in [0.15, 0.2) is 0 Å². The Kier molecular flexibility index (Phi) is 20.0. The molecule has 0 fully saturated rings. The molecule has 53 heavy (non-hydrogen) atoms. The Morgan fingerprint density at radius 2 is 1.40 bits per heavy atom. The van der Waals surface area contributed by atoms with Gasteiger partial charge < -0.3 is 5.32 Å². The van der Waals surface area contributed by atoms with Gasteiger partial charge >= 0.3 is 0 Å². The van der Waals surface area contributed by atoms with Gasteiger partial charge in [0.2, 0.25) is 0 Å². The average Bonchev–Trinajstić information content (AvgIpc) is 3.19. The zero-order valence-electron chi connectivity index (χ0n) is 33.6. The third-order valence-corrected chi connectivity index (χ3v) is 8.50. The van der Waals surface area contributed by atoms with Gasteiger partial charge in [-0.05, 0) is 122 Å². The fraction of sp³-hybridized carbons (Fsp3) is 0.196. The molecule has 0 aliphatic heterocycles. The Labute approximate surface area is 320 Å². The number of aliphatic imine (C=N–C) groups is 1. The first-order valence-electron chi connectivity index (χ1n) is 18.6. The van der Waals surface area contributed by atoms with Crippen molar-refractivity contribution in [3.8, 4) is 0 Å². The Hall–Kier alpha value is -5.73. The van der Waals surface area contributed by atoms with Crippen molar-refractivity contribution in [1.29, 1.82) is 0 Å². The van der Waals surface area contributed by atoms with Gasteiger partial charge in [0.1, 0.15) is 0 Å². The number of fused-ring (bicyclic) bond motifs is 1. The van der Waals surface area contributed by atoms with Crippen LogP contribution in [0.3, 0.4) is 0 Å². The molecule has 0 radical (unpaired) electrons. The highest BCUT2D eigenvalue weighted by Gasteiger charge is 2.10. The Morgan fingerprint density at radius 3 is 2.00 bits per heavy atom. The van der Waals surface area contributed by atoms with Crippen LogP contribution in [0, 0.1) is 20.8 Å². The largest absolute Gasteiger partial charge is 0.388 e. The molecule has 0 heterocycles. The maximum atomic E-state index is 3.84. The maximum Gasteiger partial charge on any atom is 0.0651 e. The molecule has 1 N–H and O–H groups in total. The van der Waals surface area contributed by atoms with Gasteiger partial charge in [-0.25, -0.2) is 0 Å². The zero-order valence-corrected chi connectivity index (χ0v) is 33.6. The molecule has 0 unspecified atom stereocenters. The van der Waals surface area contributed by atoms with Crippen LogP contribution in [-0.2, 0) is 0 Å². The van der Waals surface area contributed by atoms with Crippen molar-refractivity contribution >= 4 is 46.1 Å². The van der Waals surface area contributed by atoms with E-state index < -0.39 is 0 Å². The lowest BCUT2D eigenvalue weighted by molar-refractivity contribution is 1.32. The summed E-state index contributed by atoms with van der Waals surface area (Å²) in [5.74, 6) is 0. The standard InChI is InChI=1S/C33H34.C8H11N.C8H9N.C2H6/c1-6-9-10-15-32(30-21-20-28-23-26(5)17-19-29(28)24-30)33(22-18-25(4)13-7-2)31-16-12-11-14-27(31)8-3;2*1-7-5-3-4-6-8(7)9-2;1-2/h6-21,23-24H,1,22H2,2-5H3;3-6,9H,1-2H3;3-6H,2H2,1H3;1-2H3/b10-9-,13-7-,25-18-,27-8-,32-15+,33-31-;;;. The molecule has 0 spiro atoms. The monoisotopic (exact) mass is 700 g/mol. The van der Waals surface area contributed by atoms with E-state index in [1.54, 1.807) is 0 Å². The quantitative estimate of drug-likeness (QED) is 0.120. The van der Waals surface area contributed by atoms with Gasteiger partial charge in [-0.15, -0.1) is 0 Å². The SMILES string of the molecule is C=C\C=C/C=C(/C(C/C=C(C)\C=C/C)=c1/cccc/c1=C/C)c1ccc2cc(C)ccc2c1.C=Nc1ccccc1C.CC.CNc1ccccc1C. The Morgan fingerprint density at radius 1 is 0.755 bits per heavy atom. The number of benzene rings is 5. The molecule has 0 saturated heterocycles. The van der Waals surface area contributed by atoms with E-state index in [1.165, 1.54) is 65.9 Å². The van der Waals surface area contributed by atoms with E-state index >= 15 is 0 Å². The van der Waals surface area contributed by atoms with Gasteiger partial charge in [0.05, 0.1) is 5.69 Å². The van der Waals surface area contributed by atoms with Gasteiger partial charge in [-0.1, -0.05) is 171 Å². The molecule has 0 bridgehead atoms. The first kappa shape index (κ1) is 43.4. The summed E-state index contributed by atoms with van der Waals surface area (Å²) in [6, 6.07) is 38.2. The minimum Gasteiger partial charge on any atom is -0.388 e. The van der Waals surface area contributed by atoms with Crippen molar-refractivity contribution in [1.82, 2.24) is 0 Å². The molecular weight excluding hydrogens is 641 g/mol. The van der Waals surface area contributed by atoms with Crippen LogP contribution in [0.25, 0.3) is 28.0 Å². The van der Waals surface area contributed by atoms with E-state index in [9.17, 15) is 0 Å². The second-order valence-corrected chi connectivity index (χ2v) is 12.3. The van der Waals surface area contributed by atoms with Gasteiger partial charge in [-0.3, -0.25) is 4.99 Å². The highest BCUT2D eigenvalue weighted by molar-refractivity contribution is 6.01. The number of hydrogen-bond acceptors (Lipinski definition) is 2. The number of nitrogens with zero attached hydrogens (tertiary/aromatic N) is 1. The molecule has 0 aliphatic carbocycles. The summed E-state index contributed by atoms with van der Waals surface area (Å²) in [5.41, 5.74) is 11.0. The number of nitrogens with one attached hydrogen (secondary N) is 1. The molecular formula is C51H60N2. The molecule has 5 aromatic carbocycles. The summed E-state index contributed by atoms with van der Waals surface area (Å²) in [4.78, 5) is 3.82. The van der Waals surface area contributed by atoms with Crippen LogP contribution >= 0.6 is 0 Å². The fourth-order valence-corrected chi connectivity index (χ4v) is 5.71. The van der Waals surface area contributed by atoms with E-state index in [0.717, 1.165) is 12.1 Å². The number of aryl methyl sites for hydroxylation is 3. The van der Waals surface area contributed by atoms with E-state index in [-0.39, 0.29) is 0 Å². The normalized spacial score (nSPS) is 12.2. The summed E-state index contributed by atoms with van der Waals surface area (Å²) in [5, 5.41) is 8.14. The van der Waals surface area contributed by atoms with Crippen LogP contribution < -0.4 is 15.8 Å². The number of anilines is 1. The van der Waals surface area contributed by atoms with Crippen molar-refractivity contribution in [3.05, 3.63) is 197 Å². The average molecular weight is 701 g/mol. The molecule has 5 aromatic rings. The molecule has 274 valence electrons. The van der Waals surface area contributed by atoms with E-state index in [0.29, 0.717) is 0 Å². The number of allylic oxidation sites excluding steroid dienone is 9. The predicted octanol–water partition coefficient (Wildman–Crippen LogP) is 13.2. The predicted molar refractivity (Wildman–Crippen MR) is 241 cm³/mol. The van der Waals surface area contributed by atoms with Crippen LogP contribution in [0.4, 0.5) is 11.4 Å². The lowest BCUT2D eigenvalue weighted by atomic mass is 9.90. The summed E-state index contributed by atoms with van der Waals surface area (Å²) in [7, 11) is 1.93. The van der Waals surface area contributed by atoms with Crippen LogP contribution in [0.2, 0.25) is 0 Å². The van der Waals surface area contributed by atoms with Crippen molar-refractivity contribution in [3.63, 3.8) is 0 Å².